The van der Waals surface area contributed by atoms with Crippen molar-refractivity contribution in [3.05, 3.63) is 42.2 Å². The predicted octanol–water partition coefficient (Wildman–Crippen LogP) is 2.81. The van der Waals surface area contributed by atoms with Gasteiger partial charge in [0, 0.05) is 17.9 Å². The number of rotatable bonds is 4. The molecule has 1 heterocycles. The minimum absolute atomic E-state index is 0.112. The van der Waals surface area contributed by atoms with Crippen LogP contribution < -0.4 is 10.6 Å². The van der Waals surface area contributed by atoms with Gasteiger partial charge < -0.3 is 15.7 Å². The summed E-state index contributed by atoms with van der Waals surface area (Å²) in [5, 5.41) is 18.2. The van der Waals surface area contributed by atoms with Gasteiger partial charge in [-0.3, -0.25) is 4.68 Å². The molecule has 7 heteroatoms. The van der Waals surface area contributed by atoms with E-state index in [1.54, 1.807) is 29.2 Å². The number of aromatic carboxylic acids is 1. The molecule has 0 atom stereocenters. The van der Waals surface area contributed by atoms with Gasteiger partial charge in [0.1, 0.15) is 0 Å². The molecule has 0 saturated heterocycles. The van der Waals surface area contributed by atoms with Crippen molar-refractivity contribution < 1.29 is 14.7 Å². The fraction of sp³-hybridized carbons (Fsp3) is 0.214. The van der Waals surface area contributed by atoms with Gasteiger partial charge >= 0.3 is 12.0 Å². The molecule has 3 N–H and O–H groups in total. The maximum Gasteiger partial charge on any atom is 0.335 e. The van der Waals surface area contributed by atoms with Crippen molar-refractivity contribution in [1.29, 1.82) is 0 Å². The number of anilines is 2. The largest absolute Gasteiger partial charge is 0.478 e. The number of nitrogens with zero attached hydrogens (tertiary/aromatic N) is 2. The SMILES string of the molecule is CC(C)n1cc(NC(=O)Nc2cccc(C(=O)O)c2)cn1. The first-order chi connectivity index (χ1) is 9.95. The zero-order chi connectivity index (χ0) is 15.4. The van der Waals surface area contributed by atoms with Gasteiger partial charge in [0.2, 0.25) is 0 Å². The van der Waals surface area contributed by atoms with Crippen LogP contribution in [0, 0.1) is 0 Å². The second kappa shape index (κ2) is 6.08. The van der Waals surface area contributed by atoms with Crippen molar-refractivity contribution in [1.82, 2.24) is 9.78 Å². The Morgan fingerprint density at radius 1 is 1.24 bits per heavy atom. The highest BCUT2D eigenvalue weighted by Crippen LogP contribution is 2.13. The van der Waals surface area contributed by atoms with E-state index >= 15 is 0 Å². The molecule has 0 unspecified atom stereocenters. The fourth-order valence-corrected chi connectivity index (χ4v) is 1.71. The minimum Gasteiger partial charge on any atom is -0.478 e. The number of hydrogen-bond donors (Lipinski definition) is 3. The first-order valence-electron chi connectivity index (χ1n) is 6.41. The number of aromatic nitrogens is 2. The van der Waals surface area contributed by atoms with Crippen LogP contribution in [0.1, 0.15) is 30.2 Å². The fourth-order valence-electron chi connectivity index (χ4n) is 1.71. The monoisotopic (exact) mass is 288 g/mol. The van der Waals surface area contributed by atoms with Crippen LogP contribution in [-0.2, 0) is 0 Å². The molecule has 0 aliphatic heterocycles. The molecule has 2 amide bonds. The van der Waals surface area contributed by atoms with Gasteiger partial charge in [-0.2, -0.15) is 5.10 Å². The van der Waals surface area contributed by atoms with E-state index in [0.29, 0.717) is 11.4 Å². The summed E-state index contributed by atoms with van der Waals surface area (Å²) in [6, 6.07) is 5.77. The zero-order valence-corrected chi connectivity index (χ0v) is 11.7. The van der Waals surface area contributed by atoms with E-state index in [0.717, 1.165) is 0 Å². The molecule has 0 radical (unpaired) electrons. The van der Waals surface area contributed by atoms with Crippen molar-refractivity contribution in [2.45, 2.75) is 19.9 Å². The van der Waals surface area contributed by atoms with Crippen LogP contribution in [0.3, 0.4) is 0 Å². The van der Waals surface area contributed by atoms with E-state index < -0.39 is 12.0 Å². The molecule has 0 fully saturated rings. The van der Waals surface area contributed by atoms with Gasteiger partial charge in [-0.15, -0.1) is 0 Å². The van der Waals surface area contributed by atoms with E-state index in [2.05, 4.69) is 15.7 Å². The van der Waals surface area contributed by atoms with Crippen LogP contribution in [-0.4, -0.2) is 26.9 Å². The van der Waals surface area contributed by atoms with Crippen molar-refractivity contribution in [3.63, 3.8) is 0 Å². The van der Waals surface area contributed by atoms with Crippen LogP contribution in [0.4, 0.5) is 16.2 Å². The quantitative estimate of drug-likeness (QED) is 0.806. The third kappa shape index (κ3) is 3.82. The Hall–Kier alpha value is -2.83. The van der Waals surface area contributed by atoms with E-state index in [-0.39, 0.29) is 11.6 Å². The maximum absolute atomic E-state index is 11.8. The number of carbonyl (C=O) groups is 2. The highest BCUT2D eigenvalue weighted by Gasteiger charge is 2.08. The Bertz CT molecular complexity index is 664. The Morgan fingerprint density at radius 2 is 1.95 bits per heavy atom. The molecule has 1 aromatic heterocycles. The normalized spacial score (nSPS) is 10.4. The number of urea groups is 1. The van der Waals surface area contributed by atoms with E-state index in [9.17, 15) is 9.59 Å². The van der Waals surface area contributed by atoms with Crippen LogP contribution in [0.25, 0.3) is 0 Å². The van der Waals surface area contributed by atoms with Crippen LogP contribution in [0.15, 0.2) is 36.7 Å². The summed E-state index contributed by atoms with van der Waals surface area (Å²) < 4.78 is 1.72. The standard InChI is InChI=1S/C14H16N4O3/c1-9(2)18-8-12(7-15-18)17-14(21)16-11-5-3-4-10(6-11)13(19)20/h3-9H,1-2H3,(H,19,20)(H2,16,17,21). The molecular formula is C14H16N4O3. The van der Waals surface area contributed by atoms with E-state index in [4.69, 9.17) is 5.11 Å². The lowest BCUT2D eigenvalue weighted by Crippen LogP contribution is -2.19. The van der Waals surface area contributed by atoms with Crippen molar-refractivity contribution in [2.75, 3.05) is 10.6 Å². The van der Waals surface area contributed by atoms with Gasteiger partial charge in [-0.1, -0.05) is 6.07 Å². The number of hydrogen-bond acceptors (Lipinski definition) is 3. The van der Waals surface area contributed by atoms with Gasteiger partial charge in [-0.05, 0) is 32.0 Å². The van der Waals surface area contributed by atoms with Gasteiger partial charge in [0.15, 0.2) is 0 Å². The number of nitrogens with one attached hydrogen (secondary N) is 2. The Labute approximate surface area is 121 Å². The molecule has 0 aliphatic rings. The Balaban J connectivity index is 2.01. The predicted molar refractivity (Wildman–Crippen MR) is 78.7 cm³/mol. The number of carboxylic acid groups (broad SMARTS) is 1. The molecule has 21 heavy (non-hydrogen) atoms. The molecule has 110 valence electrons. The Morgan fingerprint density at radius 3 is 2.57 bits per heavy atom. The van der Waals surface area contributed by atoms with Gasteiger partial charge in [0.25, 0.3) is 0 Å². The molecule has 1 aromatic carbocycles. The van der Waals surface area contributed by atoms with Gasteiger partial charge in [-0.25, -0.2) is 9.59 Å². The number of carboxylic acids is 1. The third-order valence-electron chi connectivity index (χ3n) is 2.76. The molecule has 0 bridgehead atoms. The van der Waals surface area contributed by atoms with Gasteiger partial charge in [0.05, 0.1) is 17.4 Å². The number of benzene rings is 1. The second-order valence-electron chi connectivity index (χ2n) is 4.77. The third-order valence-corrected chi connectivity index (χ3v) is 2.76. The second-order valence-corrected chi connectivity index (χ2v) is 4.77. The Kier molecular flexibility index (Phi) is 4.22. The summed E-state index contributed by atoms with van der Waals surface area (Å²) in [4.78, 5) is 22.7. The summed E-state index contributed by atoms with van der Waals surface area (Å²) in [7, 11) is 0. The smallest absolute Gasteiger partial charge is 0.335 e. The first-order valence-corrected chi connectivity index (χ1v) is 6.41. The van der Waals surface area contributed by atoms with Crippen LogP contribution in [0.5, 0.6) is 0 Å². The molecule has 0 spiro atoms. The molecule has 2 rings (SSSR count). The topological polar surface area (TPSA) is 96.2 Å². The molecule has 0 saturated carbocycles. The lowest BCUT2D eigenvalue weighted by molar-refractivity contribution is 0.0697. The number of carbonyl (C=O) groups excluding carboxylic acids is 1. The number of amides is 2. The highest BCUT2D eigenvalue weighted by atomic mass is 16.4. The summed E-state index contributed by atoms with van der Waals surface area (Å²) in [6.45, 7) is 3.96. The lowest BCUT2D eigenvalue weighted by Gasteiger charge is -2.07. The zero-order valence-electron chi connectivity index (χ0n) is 11.7. The average molecular weight is 288 g/mol. The molecular weight excluding hydrogens is 272 g/mol. The van der Waals surface area contributed by atoms with Crippen molar-refractivity contribution >= 4 is 23.4 Å². The van der Waals surface area contributed by atoms with Crippen molar-refractivity contribution in [2.24, 2.45) is 0 Å². The summed E-state index contributed by atoms with van der Waals surface area (Å²) in [5.41, 5.74) is 1.08. The van der Waals surface area contributed by atoms with Crippen LogP contribution >= 0.6 is 0 Å². The average Bonchev–Trinajstić information content (AvgIpc) is 2.87. The summed E-state index contributed by atoms with van der Waals surface area (Å²) in [5.74, 6) is -1.04. The summed E-state index contributed by atoms with van der Waals surface area (Å²) >= 11 is 0. The van der Waals surface area contributed by atoms with E-state index in [1.165, 1.54) is 12.1 Å². The van der Waals surface area contributed by atoms with Crippen molar-refractivity contribution in [3.8, 4) is 0 Å². The highest BCUT2D eigenvalue weighted by molar-refractivity contribution is 6.00. The molecule has 0 aliphatic carbocycles. The summed E-state index contributed by atoms with van der Waals surface area (Å²) in [6.07, 6.45) is 3.27. The molecule has 7 nitrogen and oxygen atoms in total. The van der Waals surface area contributed by atoms with E-state index in [1.807, 2.05) is 13.8 Å². The minimum atomic E-state index is -1.04. The molecule has 2 aromatic rings. The maximum atomic E-state index is 11.8. The first kappa shape index (κ1) is 14.6. The van der Waals surface area contributed by atoms with Crippen LogP contribution in [0.2, 0.25) is 0 Å². The lowest BCUT2D eigenvalue weighted by atomic mass is 10.2.